The third kappa shape index (κ3) is 4.87. The quantitative estimate of drug-likeness (QED) is 0.490. The molecular formula is C22H23F3IN3O3. The number of nitrogens with zero attached hydrogens (tertiary/aromatic N) is 2. The topological polar surface area (TPSA) is 76.0 Å². The molecule has 0 saturated carbocycles. The Morgan fingerprint density at radius 1 is 1.12 bits per heavy atom. The summed E-state index contributed by atoms with van der Waals surface area (Å²) in [6.07, 6.45) is 0.952. The van der Waals surface area contributed by atoms with Crippen molar-refractivity contribution in [3.05, 3.63) is 56.9 Å². The smallest absolute Gasteiger partial charge is 0.256 e. The van der Waals surface area contributed by atoms with Crippen LogP contribution in [0.3, 0.4) is 0 Å². The SMILES string of the molecule is O=C(c1ccc(F)c(F)c1Nc1ccc(I)cc1F)N1CC(O)(CN2CCC(O)CC2)C1. The average Bonchev–Trinajstić information content (AvgIpc) is 2.72. The summed E-state index contributed by atoms with van der Waals surface area (Å²) >= 11 is 1.93. The zero-order chi connectivity index (χ0) is 23.0. The molecule has 0 unspecified atom stereocenters. The van der Waals surface area contributed by atoms with Crippen LogP contribution in [-0.2, 0) is 0 Å². The van der Waals surface area contributed by atoms with Crippen molar-refractivity contribution in [3.8, 4) is 0 Å². The monoisotopic (exact) mass is 561 g/mol. The highest BCUT2D eigenvalue weighted by Gasteiger charge is 2.45. The van der Waals surface area contributed by atoms with Crippen molar-refractivity contribution in [2.75, 3.05) is 38.0 Å². The number of hydrogen-bond donors (Lipinski definition) is 3. The van der Waals surface area contributed by atoms with E-state index in [0.29, 0.717) is 36.0 Å². The van der Waals surface area contributed by atoms with Crippen molar-refractivity contribution in [1.29, 1.82) is 0 Å². The van der Waals surface area contributed by atoms with Gasteiger partial charge in [0.05, 0.1) is 36.1 Å². The van der Waals surface area contributed by atoms with Crippen LogP contribution in [0.5, 0.6) is 0 Å². The number of carbonyl (C=O) groups is 1. The lowest BCUT2D eigenvalue weighted by Crippen LogP contribution is -2.68. The number of β-amino-alcohol motifs (C(OH)–C–C–N with tert-alkyl or cyclic N) is 1. The highest BCUT2D eigenvalue weighted by atomic mass is 127. The Morgan fingerprint density at radius 2 is 1.81 bits per heavy atom. The van der Waals surface area contributed by atoms with E-state index in [1.807, 2.05) is 27.5 Å². The van der Waals surface area contributed by atoms with Gasteiger partial charge < -0.3 is 25.3 Å². The van der Waals surface area contributed by atoms with Crippen molar-refractivity contribution in [2.45, 2.75) is 24.5 Å². The molecule has 172 valence electrons. The fourth-order valence-corrected chi connectivity index (χ4v) is 4.60. The van der Waals surface area contributed by atoms with E-state index in [4.69, 9.17) is 0 Å². The van der Waals surface area contributed by atoms with Crippen LogP contribution in [0.15, 0.2) is 30.3 Å². The maximum Gasteiger partial charge on any atom is 0.256 e. The first-order chi connectivity index (χ1) is 15.1. The van der Waals surface area contributed by atoms with Crippen molar-refractivity contribution in [3.63, 3.8) is 0 Å². The first-order valence-electron chi connectivity index (χ1n) is 10.3. The lowest BCUT2D eigenvalue weighted by atomic mass is 9.91. The molecule has 0 aromatic heterocycles. The van der Waals surface area contributed by atoms with Gasteiger partial charge in [0.2, 0.25) is 0 Å². The van der Waals surface area contributed by atoms with E-state index >= 15 is 0 Å². The van der Waals surface area contributed by atoms with E-state index in [-0.39, 0.29) is 30.4 Å². The van der Waals surface area contributed by atoms with Gasteiger partial charge in [0, 0.05) is 23.2 Å². The fraction of sp³-hybridized carbons (Fsp3) is 0.409. The molecule has 0 bridgehead atoms. The molecule has 0 spiro atoms. The Balaban J connectivity index is 1.49. The normalized spacial score (nSPS) is 19.0. The maximum absolute atomic E-state index is 14.6. The molecule has 2 aliphatic rings. The van der Waals surface area contributed by atoms with E-state index in [2.05, 4.69) is 5.32 Å². The van der Waals surface area contributed by atoms with Crippen molar-refractivity contribution >= 4 is 39.9 Å². The summed E-state index contributed by atoms with van der Waals surface area (Å²) in [5.41, 5.74) is -1.79. The second-order valence-corrected chi connectivity index (χ2v) is 9.67. The summed E-state index contributed by atoms with van der Waals surface area (Å²) in [6.45, 7) is 1.77. The van der Waals surface area contributed by atoms with Crippen LogP contribution in [0.4, 0.5) is 24.5 Å². The van der Waals surface area contributed by atoms with Crippen LogP contribution in [0.1, 0.15) is 23.2 Å². The van der Waals surface area contributed by atoms with Gasteiger partial charge in [-0.25, -0.2) is 13.2 Å². The molecule has 2 aromatic carbocycles. The molecule has 3 N–H and O–H groups in total. The Bertz CT molecular complexity index is 1020. The zero-order valence-electron chi connectivity index (χ0n) is 17.1. The van der Waals surface area contributed by atoms with Crippen molar-refractivity contribution < 1.29 is 28.2 Å². The zero-order valence-corrected chi connectivity index (χ0v) is 19.3. The molecule has 2 saturated heterocycles. The summed E-state index contributed by atoms with van der Waals surface area (Å²) in [7, 11) is 0. The van der Waals surface area contributed by atoms with Gasteiger partial charge in [-0.1, -0.05) is 0 Å². The molecule has 2 fully saturated rings. The van der Waals surface area contributed by atoms with Crippen LogP contribution in [0.25, 0.3) is 0 Å². The minimum atomic E-state index is -1.28. The van der Waals surface area contributed by atoms with Crippen LogP contribution in [0.2, 0.25) is 0 Å². The minimum absolute atomic E-state index is 0.0429. The Morgan fingerprint density at radius 3 is 2.47 bits per heavy atom. The number of nitrogens with one attached hydrogen (secondary N) is 1. The molecule has 0 radical (unpaired) electrons. The number of halogens is 4. The summed E-state index contributed by atoms with van der Waals surface area (Å²) < 4.78 is 43.4. The third-order valence-corrected chi connectivity index (χ3v) is 6.52. The average molecular weight is 561 g/mol. The molecule has 0 aliphatic carbocycles. The summed E-state index contributed by atoms with van der Waals surface area (Å²) in [6, 6.07) is 6.21. The lowest BCUT2D eigenvalue weighted by Gasteiger charge is -2.49. The number of aliphatic hydroxyl groups excluding tert-OH is 1. The number of piperidine rings is 1. The van der Waals surface area contributed by atoms with Gasteiger partial charge in [0.1, 0.15) is 11.4 Å². The number of amides is 1. The van der Waals surface area contributed by atoms with Crippen LogP contribution >= 0.6 is 22.6 Å². The summed E-state index contributed by atoms with van der Waals surface area (Å²) in [5.74, 6) is -3.70. The highest BCUT2D eigenvalue weighted by molar-refractivity contribution is 14.1. The molecule has 2 aliphatic heterocycles. The van der Waals surface area contributed by atoms with Crippen LogP contribution in [-0.4, -0.2) is 70.3 Å². The van der Waals surface area contributed by atoms with Gasteiger partial charge in [-0.05, 0) is 65.8 Å². The van der Waals surface area contributed by atoms with Crippen LogP contribution < -0.4 is 5.32 Å². The number of likely N-dealkylation sites (tertiary alicyclic amines) is 2. The molecule has 10 heteroatoms. The Labute approximate surface area is 197 Å². The molecular weight excluding hydrogens is 538 g/mol. The van der Waals surface area contributed by atoms with Crippen molar-refractivity contribution in [1.82, 2.24) is 9.80 Å². The van der Waals surface area contributed by atoms with Crippen molar-refractivity contribution in [2.24, 2.45) is 0 Å². The molecule has 2 aromatic rings. The molecule has 4 rings (SSSR count). The van der Waals surface area contributed by atoms with Gasteiger partial charge in [-0.15, -0.1) is 0 Å². The number of carbonyl (C=O) groups excluding carboxylic acids is 1. The van der Waals surface area contributed by atoms with E-state index in [0.717, 1.165) is 12.1 Å². The van der Waals surface area contributed by atoms with Gasteiger partial charge in [0.15, 0.2) is 11.6 Å². The van der Waals surface area contributed by atoms with E-state index in [1.54, 1.807) is 6.07 Å². The first kappa shape index (κ1) is 23.3. The number of aliphatic hydroxyl groups is 2. The van der Waals surface area contributed by atoms with Gasteiger partial charge in [-0.2, -0.15) is 0 Å². The molecule has 1 amide bonds. The predicted molar refractivity (Wildman–Crippen MR) is 121 cm³/mol. The predicted octanol–water partition coefficient (Wildman–Crippen LogP) is 3.10. The van der Waals surface area contributed by atoms with Crippen LogP contribution in [0, 0.1) is 21.0 Å². The number of rotatable bonds is 5. The van der Waals surface area contributed by atoms with E-state index in [9.17, 15) is 28.2 Å². The lowest BCUT2D eigenvalue weighted by molar-refractivity contribution is -0.102. The molecule has 6 nitrogen and oxygen atoms in total. The molecule has 32 heavy (non-hydrogen) atoms. The third-order valence-electron chi connectivity index (χ3n) is 5.85. The highest BCUT2D eigenvalue weighted by Crippen LogP contribution is 2.32. The number of benzene rings is 2. The molecule has 2 heterocycles. The van der Waals surface area contributed by atoms with E-state index < -0.39 is 34.6 Å². The minimum Gasteiger partial charge on any atom is -0.393 e. The van der Waals surface area contributed by atoms with Gasteiger partial charge in [-0.3, -0.25) is 4.79 Å². The summed E-state index contributed by atoms with van der Waals surface area (Å²) in [5, 5.41) is 22.9. The maximum atomic E-state index is 14.6. The second-order valence-electron chi connectivity index (χ2n) is 8.43. The fourth-order valence-electron chi connectivity index (χ4n) is 4.15. The Kier molecular flexibility index (Phi) is 6.66. The van der Waals surface area contributed by atoms with Gasteiger partial charge in [0.25, 0.3) is 5.91 Å². The van der Waals surface area contributed by atoms with E-state index in [1.165, 1.54) is 17.0 Å². The Hall–Kier alpha value is -1.89. The molecule has 0 atom stereocenters. The number of hydrogen-bond acceptors (Lipinski definition) is 5. The standard InChI is InChI=1S/C22H23F3IN3O3/c23-16-3-2-15(20(19(16)25)27-18-4-1-13(26)9-17(18)24)21(31)29-11-22(32,12-29)10-28-7-5-14(30)6-8-28/h1-4,9,14,27,30,32H,5-8,10-12H2. The largest absolute Gasteiger partial charge is 0.393 e. The first-order valence-corrected chi connectivity index (χ1v) is 11.4. The number of anilines is 2. The van der Waals surface area contributed by atoms with Gasteiger partial charge >= 0.3 is 0 Å². The second kappa shape index (κ2) is 9.16. The summed E-state index contributed by atoms with van der Waals surface area (Å²) in [4.78, 5) is 16.4.